The summed E-state index contributed by atoms with van der Waals surface area (Å²) < 4.78 is 6.91. The van der Waals surface area contributed by atoms with Gasteiger partial charge in [0.05, 0.1) is 0 Å². The van der Waals surface area contributed by atoms with E-state index >= 15 is 0 Å². The van der Waals surface area contributed by atoms with Crippen LogP contribution in [0.3, 0.4) is 0 Å². The molecule has 29 heavy (non-hydrogen) atoms. The first kappa shape index (κ1) is 19.3. The Morgan fingerprint density at radius 3 is 2.48 bits per heavy atom. The molecule has 4 rings (SSSR count). The average molecular weight is 405 g/mol. The van der Waals surface area contributed by atoms with E-state index in [-0.39, 0.29) is 11.5 Å². The predicted octanol–water partition coefficient (Wildman–Crippen LogP) is 5.39. The zero-order valence-corrected chi connectivity index (χ0v) is 17.2. The number of rotatable bonds is 6. The van der Waals surface area contributed by atoms with E-state index in [0.717, 1.165) is 43.9 Å². The van der Waals surface area contributed by atoms with Crippen LogP contribution in [0.25, 0.3) is 31.7 Å². The maximum atomic E-state index is 9.94. The molecular formula is C24H22NO3S. The number of benzene rings is 3. The van der Waals surface area contributed by atoms with Gasteiger partial charge in [-0.25, -0.2) is 0 Å². The summed E-state index contributed by atoms with van der Waals surface area (Å²) in [6.07, 6.45) is 0. The highest BCUT2D eigenvalue weighted by Crippen LogP contribution is 2.46. The highest BCUT2D eigenvalue weighted by molar-refractivity contribution is 7.23. The minimum absolute atomic E-state index is 0.233. The van der Waals surface area contributed by atoms with Crippen LogP contribution in [0.4, 0.5) is 0 Å². The molecule has 0 fully saturated rings. The summed E-state index contributed by atoms with van der Waals surface area (Å²) >= 11 is 1.61. The molecule has 0 bridgehead atoms. The van der Waals surface area contributed by atoms with Crippen molar-refractivity contribution in [1.82, 2.24) is 4.90 Å². The molecule has 0 amide bonds. The number of aromatic hydroxyl groups is 2. The second-order valence-corrected chi connectivity index (χ2v) is 8.18. The molecule has 4 nitrogen and oxygen atoms in total. The Bertz CT molecular complexity index is 1130. The summed E-state index contributed by atoms with van der Waals surface area (Å²) in [7, 11) is 4.04. The van der Waals surface area contributed by atoms with Crippen LogP contribution in [-0.2, 0) is 0 Å². The fourth-order valence-electron chi connectivity index (χ4n) is 3.19. The number of hydrogen-bond donors (Lipinski definition) is 2. The lowest BCUT2D eigenvalue weighted by atomic mass is 9.98. The molecule has 0 atom stereocenters. The van der Waals surface area contributed by atoms with Crippen LogP contribution in [0.1, 0.15) is 0 Å². The van der Waals surface area contributed by atoms with E-state index in [1.165, 1.54) is 0 Å². The molecule has 2 N–H and O–H groups in total. The van der Waals surface area contributed by atoms with E-state index in [4.69, 9.17) is 4.74 Å². The first-order chi connectivity index (χ1) is 14.0. The Balaban J connectivity index is 1.82. The summed E-state index contributed by atoms with van der Waals surface area (Å²) in [5.74, 6) is 1.28. The summed E-state index contributed by atoms with van der Waals surface area (Å²) in [6.45, 7) is 1.45. The molecule has 0 unspecified atom stereocenters. The van der Waals surface area contributed by atoms with Crippen LogP contribution in [-0.4, -0.2) is 42.4 Å². The van der Waals surface area contributed by atoms with Crippen molar-refractivity contribution in [3.63, 3.8) is 0 Å². The van der Waals surface area contributed by atoms with Gasteiger partial charge in [0.2, 0.25) is 0 Å². The maximum absolute atomic E-state index is 9.94. The Hall–Kier alpha value is -3.02. The lowest BCUT2D eigenvalue weighted by Gasteiger charge is -2.12. The molecule has 0 aliphatic carbocycles. The zero-order chi connectivity index (χ0) is 20.4. The number of hydrogen-bond acceptors (Lipinski definition) is 5. The first-order valence-electron chi connectivity index (χ1n) is 9.36. The van der Waals surface area contributed by atoms with E-state index < -0.39 is 0 Å². The third-order valence-electron chi connectivity index (χ3n) is 4.65. The SMILES string of the molecule is CN(C)CCOc1cc[c]c(-c2c(-c3ccc(O)cc3)sc3cc(O)ccc23)c1. The fourth-order valence-corrected chi connectivity index (χ4v) is 4.45. The van der Waals surface area contributed by atoms with Crippen LogP contribution in [0, 0.1) is 6.07 Å². The summed E-state index contributed by atoms with van der Waals surface area (Å²) in [5.41, 5.74) is 2.99. The van der Waals surface area contributed by atoms with Crippen molar-refractivity contribution in [2.45, 2.75) is 0 Å². The van der Waals surface area contributed by atoms with E-state index in [1.807, 2.05) is 50.5 Å². The van der Waals surface area contributed by atoms with Crippen molar-refractivity contribution in [1.29, 1.82) is 0 Å². The van der Waals surface area contributed by atoms with Gasteiger partial charge < -0.3 is 19.8 Å². The van der Waals surface area contributed by atoms with Crippen molar-refractivity contribution < 1.29 is 14.9 Å². The van der Waals surface area contributed by atoms with Gasteiger partial charge in [0.1, 0.15) is 23.9 Å². The number of nitrogens with zero attached hydrogens (tertiary/aromatic N) is 1. The van der Waals surface area contributed by atoms with Gasteiger partial charge >= 0.3 is 0 Å². The van der Waals surface area contributed by atoms with E-state index in [2.05, 4.69) is 11.0 Å². The topological polar surface area (TPSA) is 52.9 Å². The first-order valence-corrected chi connectivity index (χ1v) is 10.2. The number of ether oxygens (including phenoxy) is 1. The number of fused-ring (bicyclic) bond motifs is 1. The van der Waals surface area contributed by atoms with Gasteiger partial charge in [0.15, 0.2) is 0 Å². The third kappa shape index (κ3) is 4.21. The standard InChI is InChI=1S/C24H22NO3S/c1-25(2)12-13-28-20-5-3-4-17(14-20)23-21-11-10-19(27)15-22(21)29-24(23)16-6-8-18(26)9-7-16/h3,5-11,14-15,26-27H,12-13H2,1-2H3. The molecule has 0 aliphatic heterocycles. The summed E-state index contributed by atoms with van der Waals surface area (Å²) in [6, 6.07) is 21.8. The minimum Gasteiger partial charge on any atom is -0.508 e. The molecule has 1 heterocycles. The van der Waals surface area contributed by atoms with Crippen LogP contribution < -0.4 is 4.74 Å². The Morgan fingerprint density at radius 1 is 0.966 bits per heavy atom. The maximum Gasteiger partial charge on any atom is 0.120 e. The summed E-state index contributed by atoms with van der Waals surface area (Å²) in [5, 5.41) is 20.7. The van der Waals surface area contributed by atoms with Crippen LogP contribution in [0.2, 0.25) is 0 Å². The molecule has 1 radical (unpaired) electrons. The lowest BCUT2D eigenvalue weighted by Crippen LogP contribution is -2.19. The van der Waals surface area contributed by atoms with Gasteiger partial charge in [0, 0.05) is 27.1 Å². The van der Waals surface area contributed by atoms with Crippen molar-refractivity contribution in [2.75, 3.05) is 27.2 Å². The molecule has 0 spiro atoms. The van der Waals surface area contributed by atoms with Crippen molar-refractivity contribution in [3.8, 4) is 38.8 Å². The highest BCUT2D eigenvalue weighted by Gasteiger charge is 2.17. The molecule has 0 saturated carbocycles. The molecule has 0 aliphatic rings. The molecule has 147 valence electrons. The van der Waals surface area contributed by atoms with E-state index in [1.54, 1.807) is 35.6 Å². The van der Waals surface area contributed by atoms with Gasteiger partial charge in [-0.2, -0.15) is 0 Å². The van der Waals surface area contributed by atoms with Crippen molar-refractivity contribution in [2.24, 2.45) is 0 Å². The predicted molar refractivity (Wildman–Crippen MR) is 119 cm³/mol. The monoisotopic (exact) mass is 404 g/mol. The largest absolute Gasteiger partial charge is 0.508 e. The third-order valence-corrected chi connectivity index (χ3v) is 5.85. The molecule has 0 saturated heterocycles. The molecular weight excluding hydrogens is 382 g/mol. The average Bonchev–Trinajstić information content (AvgIpc) is 3.07. The van der Waals surface area contributed by atoms with E-state index in [0.29, 0.717) is 6.61 Å². The minimum atomic E-state index is 0.233. The number of thiophene rings is 1. The molecule has 1 aromatic heterocycles. The Labute approximate surface area is 174 Å². The second-order valence-electron chi connectivity index (χ2n) is 7.12. The number of phenolic OH excluding ortho intramolecular Hbond substituents is 2. The lowest BCUT2D eigenvalue weighted by molar-refractivity contribution is 0.261. The van der Waals surface area contributed by atoms with Gasteiger partial charge in [-0.3, -0.25) is 0 Å². The fraction of sp³-hybridized carbons (Fsp3) is 0.167. The van der Waals surface area contributed by atoms with Crippen LogP contribution in [0.15, 0.2) is 60.7 Å². The summed E-state index contributed by atoms with van der Waals surface area (Å²) in [4.78, 5) is 3.14. The van der Waals surface area contributed by atoms with Crippen LogP contribution in [0.5, 0.6) is 17.2 Å². The normalized spacial score (nSPS) is 11.3. The zero-order valence-electron chi connectivity index (χ0n) is 16.3. The number of phenols is 2. The van der Waals surface area contributed by atoms with Crippen molar-refractivity contribution in [3.05, 3.63) is 66.7 Å². The Kier molecular flexibility index (Phi) is 5.43. The Morgan fingerprint density at radius 2 is 1.72 bits per heavy atom. The second kappa shape index (κ2) is 8.15. The van der Waals surface area contributed by atoms with Gasteiger partial charge in [0.25, 0.3) is 0 Å². The van der Waals surface area contributed by atoms with Crippen molar-refractivity contribution >= 4 is 21.4 Å². The molecule has 4 aromatic rings. The van der Waals surface area contributed by atoms with Gasteiger partial charge in [-0.1, -0.05) is 6.07 Å². The van der Waals surface area contributed by atoms with Gasteiger partial charge in [-0.05, 0) is 85.9 Å². The number of likely N-dealkylation sites (N-methyl/N-ethyl adjacent to an activating group) is 1. The molecule has 5 heteroatoms. The quantitative estimate of drug-likeness (QED) is 0.453. The highest BCUT2D eigenvalue weighted by atomic mass is 32.1. The molecule has 3 aromatic carbocycles. The van der Waals surface area contributed by atoms with Crippen LogP contribution >= 0.6 is 11.3 Å². The smallest absolute Gasteiger partial charge is 0.120 e. The van der Waals surface area contributed by atoms with Gasteiger partial charge in [-0.15, -0.1) is 11.3 Å². The van der Waals surface area contributed by atoms with E-state index in [9.17, 15) is 10.2 Å².